The van der Waals surface area contributed by atoms with Crippen LogP contribution in [0.25, 0.3) is 0 Å². The normalized spacial score (nSPS) is 24.0. The van der Waals surface area contributed by atoms with E-state index in [1.807, 2.05) is 49.4 Å². The Balaban J connectivity index is 1.44. The van der Waals surface area contributed by atoms with Crippen LogP contribution >= 0.6 is 0 Å². The monoisotopic (exact) mass is 509 g/mol. The number of pyridine rings is 1. The van der Waals surface area contributed by atoms with E-state index in [0.717, 1.165) is 43.7 Å². The topological polar surface area (TPSA) is 103 Å². The third-order valence-electron chi connectivity index (χ3n) is 7.88. The van der Waals surface area contributed by atoms with Gasteiger partial charge in [-0.3, -0.25) is 19.5 Å². The van der Waals surface area contributed by atoms with Crippen LogP contribution in [0.4, 0.5) is 0 Å². The first-order valence-electron chi connectivity index (χ1n) is 13.4. The molecule has 2 N–H and O–H groups in total. The van der Waals surface area contributed by atoms with Gasteiger partial charge in [-0.25, -0.2) is 0 Å². The number of piperidine rings is 1. The molecule has 0 bridgehead atoms. The number of aryl methyl sites for hydroxylation is 1. The van der Waals surface area contributed by atoms with E-state index in [1.165, 1.54) is 0 Å². The highest BCUT2D eigenvalue weighted by atomic mass is 16.5. The van der Waals surface area contributed by atoms with Gasteiger partial charge in [-0.05, 0) is 75.9 Å². The molecule has 8 nitrogen and oxygen atoms in total. The van der Waals surface area contributed by atoms with Crippen molar-refractivity contribution in [2.24, 2.45) is 5.41 Å². The molecule has 200 valence electrons. The smallest absolute Gasteiger partial charge is 0.312 e. The van der Waals surface area contributed by atoms with E-state index in [2.05, 4.69) is 9.88 Å². The number of cyclic esters (lactones) is 1. The molecule has 0 radical (unpaired) electrons. The lowest BCUT2D eigenvalue weighted by atomic mass is 9.74. The van der Waals surface area contributed by atoms with Crippen molar-refractivity contribution in [2.75, 3.05) is 32.8 Å². The second-order valence-corrected chi connectivity index (χ2v) is 10.5. The van der Waals surface area contributed by atoms with Gasteiger partial charge in [0, 0.05) is 31.4 Å². The number of likely N-dealkylation sites (tertiary alicyclic amines) is 1. The molecule has 1 amide bonds. The van der Waals surface area contributed by atoms with Crippen molar-refractivity contribution in [3.8, 4) is 0 Å². The molecule has 1 aromatic heterocycles. The Kier molecular flexibility index (Phi) is 9.29. The third kappa shape index (κ3) is 6.94. The van der Waals surface area contributed by atoms with E-state index in [4.69, 9.17) is 4.74 Å². The fourth-order valence-electron chi connectivity index (χ4n) is 5.39. The number of esters is 1. The van der Waals surface area contributed by atoms with E-state index in [0.29, 0.717) is 37.9 Å². The zero-order valence-electron chi connectivity index (χ0n) is 21.7. The van der Waals surface area contributed by atoms with Crippen molar-refractivity contribution in [2.45, 2.75) is 64.2 Å². The summed E-state index contributed by atoms with van der Waals surface area (Å²) in [7, 11) is 0. The van der Waals surface area contributed by atoms with Gasteiger partial charge in [-0.15, -0.1) is 0 Å². The van der Waals surface area contributed by atoms with Crippen molar-refractivity contribution < 1.29 is 24.5 Å². The van der Waals surface area contributed by atoms with Crippen molar-refractivity contribution in [3.05, 3.63) is 65.5 Å². The average molecular weight is 510 g/mol. The molecule has 2 saturated heterocycles. The summed E-state index contributed by atoms with van der Waals surface area (Å²) in [5, 5.41) is 21.0. The van der Waals surface area contributed by atoms with Crippen LogP contribution in [0.3, 0.4) is 0 Å². The lowest BCUT2D eigenvalue weighted by Gasteiger charge is -2.40. The maximum Gasteiger partial charge on any atom is 0.312 e. The number of hydrogen-bond acceptors (Lipinski definition) is 7. The highest BCUT2D eigenvalue weighted by Gasteiger charge is 2.42. The van der Waals surface area contributed by atoms with Crippen molar-refractivity contribution in [1.29, 1.82) is 0 Å². The van der Waals surface area contributed by atoms with Crippen LogP contribution in [0.2, 0.25) is 0 Å². The van der Waals surface area contributed by atoms with Crippen molar-refractivity contribution >= 4 is 11.9 Å². The number of benzene rings is 1. The molecule has 2 atom stereocenters. The molecule has 2 aromatic rings. The quantitative estimate of drug-likeness (QED) is 0.613. The molecular weight excluding hydrogens is 470 g/mol. The lowest BCUT2D eigenvalue weighted by Crippen LogP contribution is -2.46. The third-order valence-corrected chi connectivity index (χ3v) is 7.88. The van der Waals surface area contributed by atoms with Crippen LogP contribution < -0.4 is 0 Å². The number of nitrogens with zero attached hydrogens (tertiary/aromatic N) is 3. The summed E-state index contributed by atoms with van der Waals surface area (Å²) >= 11 is 0. The Bertz CT molecular complexity index is 1040. The first kappa shape index (κ1) is 27.2. The SMILES string of the molecule is Cc1ccccc1C(=O)N1CCCCC2(CCN(Cc3ccccn3)CC2)C(=O)OC[C@@H](O)[C@@H](O)CC1. The standard InChI is InChI=1S/C29H39N3O5/c1-22-8-2-3-10-24(22)27(35)32-16-7-5-12-29(28(36)37-21-26(34)25(33)11-17-32)13-18-31(19-14-29)20-23-9-4-6-15-30-23/h2-4,6,8-10,15,25-26,33-34H,5,7,11-14,16-21H2,1H3/t25-,26+/m0/s1. The van der Waals surface area contributed by atoms with Gasteiger partial charge in [0.15, 0.2) is 0 Å². The summed E-state index contributed by atoms with van der Waals surface area (Å²) in [6, 6.07) is 13.4. The maximum absolute atomic E-state index is 13.3. The molecule has 3 heterocycles. The summed E-state index contributed by atoms with van der Waals surface area (Å²) < 4.78 is 5.58. The van der Waals surface area contributed by atoms with Crippen molar-refractivity contribution in [1.82, 2.24) is 14.8 Å². The summed E-state index contributed by atoms with van der Waals surface area (Å²) in [5.41, 5.74) is 1.94. The Morgan fingerprint density at radius 1 is 1.00 bits per heavy atom. The Morgan fingerprint density at radius 2 is 1.76 bits per heavy atom. The fourth-order valence-corrected chi connectivity index (χ4v) is 5.39. The number of aromatic nitrogens is 1. The Hall–Kier alpha value is -2.81. The molecule has 2 fully saturated rings. The minimum absolute atomic E-state index is 0.0699. The molecule has 2 aliphatic rings. The summed E-state index contributed by atoms with van der Waals surface area (Å²) in [6.07, 6.45) is 3.28. The molecule has 8 heteroatoms. The van der Waals surface area contributed by atoms with Gasteiger partial charge in [0.1, 0.15) is 12.7 Å². The van der Waals surface area contributed by atoms with Gasteiger partial charge >= 0.3 is 5.97 Å². The van der Waals surface area contributed by atoms with E-state index >= 15 is 0 Å². The van der Waals surface area contributed by atoms with Crippen LogP contribution in [-0.4, -0.2) is 81.9 Å². The minimum Gasteiger partial charge on any atom is -0.462 e. The van der Waals surface area contributed by atoms with E-state index in [-0.39, 0.29) is 24.9 Å². The van der Waals surface area contributed by atoms with E-state index in [9.17, 15) is 19.8 Å². The lowest BCUT2D eigenvalue weighted by molar-refractivity contribution is -0.165. The number of carbonyl (C=O) groups is 2. The number of rotatable bonds is 3. The van der Waals surface area contributed by atoms with E-state index in [1.54, 1.807) is 11.1 Å². The first-order valence-corrected chi connectivity index (χ1v) is 13.4. The number of ether oxygens (including phenoxy) is 1. The van der Waals surface area contributed by atoms with Gasteiger partial charge in [0.05, 0.1) is 17.2 Å². The predicted molar refractivity (Wildman–Crippen MR) is 140 cm³/mol. The fraction of sp³-hybridized carbons (Fsp3) is 0.552. The van der Waals surface area contributed by atoms with Gasteiger partial charge in [0.2, 0.25) is 0 Å². The number of aliphatic hydroxyl groups excluding tert-OH is 2. The summed E-state index contributed by atoms with van der Waals surface area (Å²) in [5.74, 6) is -0.358. The zero-order chi connectivity index (χ0) is 26.3. The summed E-state index contributed by atoms with van der Waals surface area (Å²) in [6.45, 7) is 4.79. The van der Waals surface area contributed by atoms with Crippen LogP contribution in [0.15, 0.2) is 48.7 Å². The number of hydrogen-bond donors (Lipinski definition) is 2. The average Bonchev–Trinajstić information content (AvgIpc) is 2.92. The molecule has 37 heavy (non-hydrogen) atoms. The largest absolute Gasteiger partial charge is 0.462 e. The Morgan fingerprint density at radius 3 is 2.49 bits per heavy atom. The zero-order valence-corrected chi connectivity index (χ0v) is 21.7. The van der Waals surface area contributed by atoms with Crippen LogP contribution in [0.5, 0.6) is 0 Å². The predicted octanol–water partition coefficient (Wildman–Crippen LogP) is 2.95. The van der Waals surface area contributed by atoms with E-state index < -0.39 is 17.6 Å². The van der Waals surface area contributed by atoms with Crippen molar-refractivity contribution in [3.63, 3.8) is 0 Å². The number of aliphatic hydroxyl groups is 2. The molecule has 2 aliphatic heterocycles. The van der Waals surface area contributed by atoms with Gasteiger partial charge in [0.25, 0.3) is 5.91 Å². The second kappa shape index (κ2) is 12.6. The summed E-state index contributed by atoms with van der Waals surface area (Å²) in [4.78, 5) is 35.1. The molecule has 0 saturated carbocycles. The molecule has 4 rings (SSSR count). The molecule has 0 unspecified atom stereocenters. The maximum atomic E-state index is 13.3. The molecular formula is C29H39N3O5. The number of carbonyl (C=O) groups excluding carboxylic acids is 2. The van der Waals surface area contributed by atoms with Crippen LogP contribution in [0.1, 0.15) is 60.1 Å². The first-order chi connectivity index (χ1) is 17.9. The van der Waals surface area contributed by atoms with Crippen LogP contribution in [-0.2, 0) is 16.1 Å². The highest BCUT2D eigenvalue weighted by molar-refractivity contribution is 5.95. The molecule has 1 spiro atoms. The molecule has 1 aromatic carbocycles. The number of amides is 1. The second-order valence-electron chi connectivity index (χ2n) is 10.5. The van der Waals surface area contributed by atoms with Crippen LogP contribution in [0, 0.1) is 12.3 Å². The Labute approximate surface area is 219 Å². The molecule has 0 aliphatic carbocycles. The van der Waals surface area contributed by atoms with Gasteiger partial charge in [-0.1, -0.05) is 30.7 Å². The minimum atomic E-state index is -1.19. The highest BCUT2D eigenvalue weighted by Crippen LogP contribution is 2.38. The van der Waals surface area contributed by atoms with Gasteiger partial charge < -0.3 is 19.8 Å². The van der Waals surface area contributed by atoms with Gasteiger partial charge in [-0.2, -0.15) is 0 Å².